The minimum Gasteiger partial charge on any atom is -0.462 e. The van der Waals surface area contributed by atoms with Crippen LogP contribution in [0, 0.1) is 13.8 Å². The van der Waals surface area contributed by atoms with E-state index in [0.29, 0.717) is 43.6 Å². The molecule has 0 radical (unpaired) electrons. The van der Waals surface area contributed by atoms with Crippen molar-refractivity contribution in [3.63, 3.8) is 0 Å². The fraction of sp³-hybridized carbons (Fsp3) is 0.250. The largest absolute Gasteiger partial charge is 0.462 e. The molecule has 7 heteroatoms. The van der Waals surface area contributed by atoms with Crippen LogP contribution in [0.2, 0.25) is 0 Å². The molecule has 1 N–H and O–H groups in total. The molecule has 6 nitrogen and oxygen atoms in total. The van der Waals surface area contributed by atoms with Crippen LogP contribution in [0.15, 0.2) is 40.0 Å². The SMILES string of the molecule is CCOC(=O)c1c(C)cc2c(-c3ccccc3S(C)=O)n[nH]c(=O)c2c1C. The van der Waals surface area contributed by atoms with Crippen molar-refractivity contribution < 1.29 is 13.7 Å². The van der Waals surface area contributed by atoms with Crippen LogP contribution in [0.1, 0.15) is 28.4 Å². The molecule has 1 aromatic heterocycles. The maximum absolute atomic E-state index is 12.5. The van der Waals surface area contributed by atoms with Crippen LogP contribution in [0.3, 0.4) is 0 Å². The van der Waals surface area contributed by atoms with Gasteiger partial charge in [-0.25, -0.2) is 9.89 Å². The van der Waals surface area contributed by atoms with Crippen LogP contribution in [-0.4, -0.2) is 33.2 Å². The van der Waals surface area contributed by atoms with Crippen molar-refractivity contribution >= 4 is 27.5 Å². The first-order valence-electron chi connectivity index (χ1n) is 8.49. The van der Waals surface area contributed by atoms with Gasteiger partial charge in [-0.15, -0.1) is 0 Å². The Hall–Kier alpha value is -2.80. The highest BCUT2D eigenvalue weighted by molar-refractivity contribution is 7.84. The van der Waals surface area contributed by atoms with Crippen molar-refractivity contribution in [3.8, 4) is 11.3 Å². The molecule has 0 bridgehead atoms. The van der Waals surface area contributed by atoms with Crippen molar-refractivity contribution in [1.82, 2.24) is 10.2 Å². The summed E-state index contributed by atoms with van der Waals surface area (Å²) >= 11 is 0. The molecule has 1 heterocycles. The van der Waals surface area contributed by atoms with E-state index in [9.17, 15) is 13.8 Å². The number of aryl methyl sites for hydroxylation is 2. The van der Waals surface area contributed by atoms with Gasteiger partial charge in [-0.05, 0) is 44.0 Å². The number of aromatic nitrogens is 2. The van der Waals surface area contributed by atoms with Gasteiger partial charge in [-0.3, -0.25) is 9.00 Å². The van der Waals surface area contributed by atoms with E-state index in [1.165, 1.54) is 0 Å². The zero-order valence-corrected chi connectivity index (χ0v) is 16.4. The molecular weight excluding hydrogens is 364 g/mol. The Morgan fingerprint density at radius 3 is 2.63 bits per heavy atom. The van der Waals surface area contributed by atoms with Crippen LogP contribution < -0.4 is 5.56 Å². The molecule has 0 fully saturated rings. The number of carbonyl (C=O) groups is 1. The average Bonchev–Trinajstić information content (AvgIpc) is 2.62. The summed E-state index contributed by atoms with van der Waals surface area (Å²) in [6.45, 7) is 5.52. The first-order valence-corrected chi connectivity index (χ1v) is 10.0. The minimum absolute atomic E-state index is 0.253. The molecule has 0 spiro atoms. The molecule has 0 aliphatic heterocycles. The molecule has 3 rings (SSSR count). The predicted molar refractivity (Wildman–Crippen MR) is 106 cm³/mol. The molecule has 0 amide bonds. The van der Waals surface area contributed by atoms with Crippen LogP contribution in [-0.2, 0) is 15.5 Å². The van der Waals surface area contributed by atoms with E-state index < -0.39 is 16.8 Å². The molecule has 0 aliphatic rings. The molecule has 0 aliphatic carbocycles. The van der Waals surface area contributed by atoms with Gasteiger partial charge in [0.05, 0.1) is 34.1 Å². The molecule has 27 heavy (non-hydrogen) atoms. The first-order chi connectivity index (χ1) is 12.9. The van der Waals surface area contributed by atoms with Gasteiger partial charge < -0.3 is 4.74 Å². The average molecular weight is 384 g/mol. The lowest BCUT2D eigenvalue weighted by Gasteiger charge is -2.14. The highest BCUT2D eigenvalue weighted by Gasteiger charge is 2.21. The second-order valence-electron chi connectivity index (χ2n) is 6.19. The molecule has 2 aromatic carbocycles. The Morgan fingerprint density at radius 1 is 1.26 bits per heavy atom. The number of fused-ring (bicyclic) bond motifs is 1. The topological polar surface area (TPSA) is 89.1 Å². The summed E-state index contributed by atoms with van der Waals surface area (Å²) in [5, 5.41) is 7.72. The van der Waals surface area contributed by atoms with Crippen LogP contribution in [0.4, 0.5) is 0 Å². The van der Waals surface area contributed by atoms with Crippen molar-refractivity contribution in [2.75, 3.05) is 12.9 Å². The number of aromatic amines is 1. The fourth-order valence-corrected chi connectivity index (χ4v) is 4.07. The molecule has 0 saturated heterocycles. The van der Waals surface area contributed by atoms with Gasteiger partial charge in [0.25, 0.3) is 5.56 Å². The van der Waals surface area contributed by atoms with E-state index >= 15 is 0 Å². The number of H-pyrrole nitrogens is 1. The predicted octanol–water partition coefficient (Wildman–Crippen LogP) is 3.12. The number of nitrogens with one attached hydrogen (secondary N) is 1. The second kappa shape index (κ2) is 7.44. The number of esters is 1. The van der Waals surface area contributed by atoms with E-state index in [1.807, 2.05) is 18.2 Å². The number of benzene rings is 2. The number of carbonyl (C=O) groups excluding carboxylic acids is 1. The van der Waals surface area contributed by atoms with Crippen LogP contribution >= 0.6 is 0 Å². The molecule has 1 unspecified atom stereocenters. The van der Waals surface area contributed by atoms with E-state index in [2.05, 4.69) is 10.2 Å². The van der Waals surface area contributed by atoms with Gasteiger partial charge in [0.1, 0.15) is 0 Å². The van der Waals surface area contributed by atoms with Gasteiger partial charge in [0, 0.05) is 22.1 Å². The molecule has 140 valence electrons. The van der Waals surface area contributed by atoms with Crippen LogP contribution in [0.25, 0.3) is 22.0 Å². The molecule has 1 atom stereocenters. The van der Waals surface area contributed by atoms with Crippen molar-refractivity contribution in [2.24, 2.45) is 0 Å². The quantitative estimate of drug-likeness (QED) is 0.698. The van der Waals surface area contributed by atoms with Gasteiger partial charge in [-0.2, -0.15) is 5.10 Å². The Bertz CT molecular complexity index is 1130. The van der Waals surface area contributed by atoms with Crippen molar-refractivity contribution in [1.29, 1.82) is 0 Å². The summed E-state index contributed by atoms with van der Waals surface area (Å²) in [6.07, 6.45) is 1.60. The maximum atomic E-state index is 12.5. The number of hydrogen-bond acceptors (Lipinski definition) is 5. The summed E-state index contributed by atoms with van der Waals surface area (Å²) in [4.78, 5) is 25.5. The number of ether oxygens (including phenoxy) is 1. The monoisotopic (exact) mass is 384 g/mol. The summed E-state index contributed by atoms with van der Waals surface area (Å²) in [6, 6.07) is 9.00. The normalized spacial score (nSPS) is 12.1. The summed E-state index contributed by atoms with van der Waals surface area (Å²) in [5.41, 5.74) is 2.45. The maximum Gasteiger partial charge on any atom is 0.338 e. The highest BCUT2D eigenvalue weighted by atomic mass is 32.2. The van der Waals surface area contributed by atoms with Gasteiger partial charge in [0.15, 0.2) is 0 Å². The van der Waals surface area contributed by atoms with E-state index in [4.69, 9.17) is 4.74 Å². The lowest BCUT2D eigenvalue weighted by Crippen LogP contribution is -2.16. The Kier molecular flexibility index (Phi) is 5.23. The van der Waals surface area contributed by atoms with Crippen molar-refractivity contribution in [2.45, 2.75) is 25.7 Å². The fourth-order valence-electron chi connectivity index (χ4n) is 3.32. The summed E-state index contributed by atoms with van der Waals surface area (Å²) in [7, 11) is -1.22. The Morgan fingerprint density at radius 2 is 1.96 bits per heavy atom. The second-order valence-corrected chi connectivity index (χ2v) is 7.54. The highest BCUT2D eigenvalue weighted by Crippen LogP contribution is 2.32. The third-order valence-corrected chi connectivity index (χ3v) is 5.43. The zero-order valence-electron chi connectivity index (χ0n) is 15.6. The molecular formula is C20H20N2O4S. The lowest BCUT2D eigenvalue weighted by atomic mass is 9.94. The standard InChI is InChI=1S/C20H20N2O4S/c1-5-26-20(24)16-11(2)10-14-17(12(16)3)19(23)22-21-18(14)13-8-6-7-9-15(13)27(4)25/h6-10H,5H2,1-4H3,(H,22,23). The Labute approximate surface area is 159 Å². The van der Waals surface area contributed by atoms with E-state index in [-0.39, 0.29) is 12.2 Å². The smallest absolute Gasteiger partial charge is 0.338 e. The van der Waals surface area contributed by atoms with E-state index in [0.717, 1.165) is 0 Å². The third-order valence-electron chi connectivity index (χ3n) is 4.46. The van der Waals surface area contributed by atoms with Crippen LogP contribution in [0.5, 0.6) is 0 Å². The molecule has 3 aromatic rings. The number of hydrogen-bond donors (Lipinski definition) is 1. The van der Waals surface area contributed by atoms with Gasteiger partial charge in [-0.1, -0.05) is 18.2 Å². The summed E-state index contributed by atoms with van der Waals surface area (Å²) in [5.74, 6) is -0.456. The zero-order chi connectivity index (χ0) is 19.7. The minimum atomic E-state index is -1.22. The summed E-state index contributed by atoms with van der Waals surface area (Å²) < 4.78 is 17.3. The lowest BCUT2D eigenvalue weighted by molar-refractivity contribution is 0.0525. The van der Waals surface area contributed by atoms with Gasteiger partial charge in [0.2, 0.25) is 0 Å². The van der Waals surface area contributed by atoms with E-state index in [1.54, 1.807) is 39.2 Å². The third kappa shape index (κ3) is 3.30. The number of nitrogens with zero attached hydrogens (tertiary/aromatic N) is 1. The molecule has 0 saturated carbocycles. The Balaban J connectivity index is 2.40. The first kappa shape index (κ1) is 19.0. The number of rotatable bonds is 4. The van der Waals surface area contributed by atoms with Gasteiger partial charge >= 0.3 is 5.97 Å². The van der Waals surface area contributed by atoms with Crippen molar-refractivity contribution in [3.05, 3.63) is 57.4 Å².